The van der Waals surface area contributed by atoms with Gasteiger partial charge in [-0.1, -0.05) is 0 Å². The Bertz CT molecular complexity index is 381. The Morgan fingerprint density at radius 3 is 1.71 bits per heavy atom. The lowest BCUT2D eigenvalue weighted by molar-refractivity contribution is -0.137. The minimum Gasteiger partial charge on any atom is -0.324 e. The molecule has 17 heavy (non-hydrogen) atoms. The predicted molar refractivity (Wildman–Crippen MR) is 53.5 cm³/mol. The number of hydrogen-bond donors (Lipinski definition) is 5. The largest absolute Gasteiger partial charge is 0.466 e. The van der Waals surface area contributed by atoms with E-state index >= 15 is 0 Å². The molecule has 0 aliphatic rings. The number of phosphoric acid groups is 1. The second-order valence-electron chi connectivity index (χ2n) is 2.73. The molecule has 0 saturated heterocycles. The molecular formula is C7H10F3N2O4P. The number of hydrazine groups is 1. The Balaban J connectivity index is 0.000000437. The van der Waals surface area contributed by atoms with E-state index in [0.717, 1.165) is 12.1 Å². The molecule has 0 aliphatic carbocycles. The average molecular weight is 274 g/mol. The Morgan fingerprint density at radius 2 is 1.47 bits per heavy atom. The molecule has 0 radical (unpaired) electrons. The van der Waals surface area contributed by atoms with E-state index in [9.17, 15) is 13.2 Å². The van der Waals surface area contributed by atoms with Crippen LogP contribution in [0.25, 0.3) is 0 Å². The number of anilines is 1. The van der Waals surface area contributed by atoms with Crippen LogP contribution in [0.1, 0.15) is 5.56 Å². The van der Waals surface area contributed by atoms with Gasteiger partial charge in [-0.25, -0.2) is 4.57 Å². The summed E-state index contributed by atoms with van der Waals surface area (Å²) in [6.07, 6.45) is -4.28. The standard InChI is InChI=1S/C7H7F3N2.H3O4P/c8-7(9,10)5-1-3-6(12-11)4-2-5;1-5(2,3)4/h1-4,12H,11H2;(H3,1,2,3,4). The maximum Gasteiger partial charge on any atom is 0.466 e. The van der Waals surface area contributed by atoms with Gasteiger partial charge in [-0.05, 0) is 24.3 Å². The third-order valence-corrected chi connectivity index (χ3v) is 1.38. The number of rotatable bonds is 1. The molecular weight excluding hydrogens is 264 g/mol. The average Bonchev–Trinajstić information content (AvgIpc) is 2.14. The van der Waals surface area contributed by atoms with Crippen LogP contribution in [-0.2, 0) is 10.7 Å². The van der Waals surface area contributed by atoms with Gasteiger partial charge in [-0.3, -0.25) is 5.84 Å². The molecule has 6 nitrogen and oxygen atoms in total. The summed E-state index contributed by atoms with van der Waals surface area (Å²) in [5, 5.41) is 0. The topological polar surface area (TPSA) is 116 Å². The third kappa shape index (κ3) is 8.66. The fourth-order valence-corrected chi connectivity index (χ4v) is 0.755. The molecule has 0 spiro atoms. The first-order valence-corrected chi connectivity index (χ1v) is 5.52. The SMILES string of the molecule is NNc1ccc(C(F)(F)F)cc1.O=P(O)(O)O. The Kier molecular flexibility index (Phi) is 5.59. The van der Waals surface area contributed by atoms with Crippen LogP contribution < -0.4 is 11.3 Å². The van der Waals surface area contributed by atoms with Crippen molar-refractivity contribution in [1.29, 1.82) is 0 Å². The highest BCUT2D eigenvalue weighted by molar-refractivity contribution is 7.45. The van der Waals surface area contributed by atoms with Crippen LogP contribution >= 0.6 is 7.82 Å². The predicted octanol–water partition coefficient (Wildman–Crippen LogP) is 1.06. The van der Waals surface area contributed by atoms with Gasteiger partial charge in [0, 0.05) is 5.69 Å². The zero-order valence-electron chi connectivity index (χ0n) is 8.22. The maximum atomic E-state index is 12.0. The van der Waals surface area contributed by atoms with E-state index in [1.54, 1.807) is 0 Å². The normalized spacial score (nSPS) is 11.5. The van der Waals surface area contributed by atoms with Crippen LogP contribution in [0.5, 0.6) is 0 Å². The molecule has 1 aromatic rings. The summed E-state index contributed by atoms with van der Waals surface area (Å²) in [4.78, 5) is 21.6. The quantitative estimate of drug-likeness (QED) is 0.297. The second-order valence-corrected chi connectivity index (χ2v) is 3.76. The van der Waals surface area contributed by atoms with E-state index < -0.39 is 19.6 Å². The van der Waals surface area contributed by atoms with E-state index in [1.165, 1.54) is 12.1 Å². The highest BCUT2D eigenvalue weighted by atomic mass is 31.2. The molecule has 0 saturated carbocycles. The van der Waals surface area contributed by atoms with Gasteiger partial charge in [-0.2, -0.15) is 13.2 Å². The molecule has 0 aliphatic heterocycles. The summed E-state index contributed by atoms with van der Waals surface area (Å²) >= 11 is 0. The first kappa shape index (κ1) is 15.9. The van der Waals surface area contributed by atoms with Crippen molar-refractivity contribution in [2.45, 2.75) is 6.18 Å². The summed E-state index contributed by atoms with van der Waals surface area (Å²) in [6.45, 7) is 0. The Hall–Kier alpha value is -1.12. The van der Waals surface area contributed by atoms with Crippen LogP contribution in [0.2, 0.25) is 0 Å². The van der Waals surface area contributed by atoms with Crippen LogP contribution in [0.4, 0.5) is 18.9 Å². The molecule has 0 amide bonds. The van der Waals surface area contributed by atoms with E-state index in [1.807, 2.05) is 0 Å². The lowest BCUT2D eigenvalue weighted by atomic mass is 10.2. The van der Waals surface area contributed by atoms with Crippen LogP contribution in [0.15, 0.2) is 24.3 Å². The number of benzene rings is 1. The number of hydrogen-bond acceptors (Lipinski definition) is 3. The van der Waals surface area contributed by atoms with Gasteiger partial charge < -0.3 is 20.1 Å². The van der Waals surface area contributed by atoms with Crippen LogP contribution in [0, 0.1) is 0 Å². The van der Waals surface area contributed by atoms with Crippen LogP contribution in [-0.4, -0.2) is 14.7 Å². The fraction of sp³-hybridized carbons (Fsp3) is 0.143. The molecule has 98 valence electrons. The van der Waals surface area contributed by atoms with Gasteiger partial charge in [0.1, 0.15) is 0 Å². The first-order chi connectivity index (χ1) is 7.54. The molecule has 0 unspecified atom stereocenters. The molecule has 10 heteroatoms. The second kappa shape index (κ2) is 5.99. The number of alkyl halides is 3. The number of nitrogens with two attached hydrogens (primary N) is 1. The third-order valence-electron chi connectivity index (χ3n) is 1.38. The summed E-state index contributed by atoms with van der Waals surface area (Å²) in [5.41, 5.74) is 2.01. The summed E-state index contributed by atoms with van der Waals surface area (Å²) in [7, 11) is -4.64. The minimum atomic E-state index is -4.64. The number of nitrogen functional groups attached to an aromatic ring is 1. The van der Waals surface area contributed by atoms with Gasteiger partial charge in [0.15, 0.2) is 0 Å². The van der Waals surface area contributed by atoms with Crippen molar-refractivity contribution in [2.75, 3.05) is 5.43 Å². The van der Waals surface area contributed by atoms with Crippen molar-refractivity contribution < 1.29 is 32.4 Å². The molecule has 0 fully saturated rings. The lowest BCUT2D eigenvalue weighted by Crippen LogP contribution is -2.08. The maximum absolute atomic E-state index is 12.0. The lowest BCUT2D eigenvalue weighted by Gasteiger charge is -2.06. The summed E-state index contributed by atoms with van der Waals surface area (Å²) < 4.78 is 44.8. The fourth-order valence-electron chi connectivity index (χ4n) is 0.755. The van der Waals surface area contributed by atoms with E-state index in [4.69, 9.17) is 25.1 Å². The van der Waals surface area contributed by atoms with Gasteiger partial charge in [0.25, 0.3) is 0 Å². The highest BCUT2D eigenvalue weighted by Gasteiger charge is 2.29. The van der Waals surface area contributed by atoms with Crippen molar-refractivity contribution in [1.82, 2.24) is 0 Å². The Labute approximate surface area is 94.1 Å². The number of halogens is 3. The Morgan fingerprint density at radius 1 is 1.12 bits per heavy atom. The van der Waals surface area contributed by atoms with E-state index in [-0.39, 0.29) is 0 Å². The smallest absolute Gasteiger partial charge is 0.324 e. The van der Waals surface area contributed by atoms with Crippen molar-refractivity contribution in [3.05, 3.63) is 29.8 Å². The molecule has 0 aromatic heterocycles. The van der Waals surface area contributed by atoms with Gasteiger partial charge >= 0.3 is 14.0 Å². The van der Waals surface area contributed by atoms with Gasteiger partial charge in [0.2, 0.25) is 0 Å². The molecule has 0 heterocycles. The van der Waals surface area contributed by atoms with Crippen molar-refractivity contribution in [3.63, 3.8) is 0 Å². The van der Waals surface area contributed by atoms with Crippen molar-refractivity contribution in [2.24, 2.45) is 5.84 Å². The van der Waals surface area contributed by atoms with Crippen molar-refractivity contribution in [3.8, 4) is 0 Å². The molecule has 1 aromatic carbocycles. The molecule has 0 atom stereocenters. The number of nitrogens with one attached hydrogen (secondary N) is 1. The van der Waals surface area contributed by atoms with Gasteiger partial charge in [-0.15, -0.1) is 0 Å². The van der Waals surface area contributed by atoms with E-state index in [2.05, 4.69) is 5.43 Å². The zero-order valence-corrected chi connectivity index (χ0v) is 9.11. The highest BCUT2D eigenvalue weighted by Crippen LogP contribution is 2.29. The monoisotopic (exact) mass is 274 g/mol. The molecule has 1 rings (SSSR count). The summed E-state index contributed by atoms with van der Waals surface area (Å²) in [5.74, 6) is 4.98. The first-order valence-electron chi connectivity index (χ1n) is 3.96. The van der Waals surface area contributed by atoms with E-state index in [0.29, 0.717) is 5.69 Å². The van der Waals surface area contributed by atoms with Crippen molar-refractivity contribution >= 4 is 13.5 Å². The van der Waals surface area contributed by atoms with Crippen LogP contribution in [0.3, 0.4) is 0 Å². The molecule has 6 N–H and O–H groups in total. The minimum absolute atomic E-state index is 0.447. The molecule has 0 bridgehead atoms. The zero-order chi connectivity index (χ0) is 13.7. The van der Waals surface area contributed by atoms with Gasteiger partial charge in [0.05, 0.1) is 5.56 Å². The summed E-state index contributed by atoms with van der Waals surface area (Å²) in [6, 6.07) is 4.47.